The third-order valence-electron chi connectivity index (χ3n) is 6.14. The van der Waals surface area contributed by atoms with Crippen LogP contribution in [0.15, 0.2) is 79.0 Å². The van der Waals surface area contributed by atoms with Crippen LogP contribution < -0.4 is 16.6 Å². The molecule has 0 saturated carbocycles. The summed E-state index contributed by atoms with van der Waals surface area (Å²) in [5.74, 6) is -0.261. The number of carbonyl (C=O) groups is 1. The fourth-order valence-electron chi connectivity index (χ4n) is 4.03. The van der Waals surface area contributed by atoms with Crippen LogP contribution in [0, 0.1) is 5.41 Å². The first-order valence-corrected chi connectivity index (χ1v) is 12.5. The molecule has 8 heteroatoms. The number of rotatable bonds is 12. The number of aliphatic hydroxyl groups is 1. The highest BCUT2D eigenvalue weighted by atomic mass is 16.6. The summed E-state index contributed by atoms with van der Waals surface area (Å²) in [5.41, 5.74) is 15.6. The van der Waals surface area contributed by atoms with E-state index in [2.05, 4.69) is 15.9 Å². The van der Waals surface area contributed by atoms with E-state index in [1.807, 2.05) is 93.6 Å². The van der Waals surface area contributed by atoms with Crippen LogP contribution in [0.25, 0.3) is 11.3 Å². The highest BCUT2D eigenvalue weighted by molar-refractivity contribution is 5.82. The highest BCUT2D eigenvalue weighted by Crippen LogP contribution is 2.21. The lowest BCUT2D eigenvalue weighted by Crippen LogP contribution is -2.57. The zero-order chi connectivity index (χ0) is 26.8. The Morgan fingerprint density at radius 3 is 2.30 bits per heavy atom. The van der Waals surface area contributed by atoms with E-state index >= 15 is 0 Å². The van der Waals surface area contributed by atoms with Gasteiger partial charge in [-0.3, -0.25) is 15.2 Å². The summed E-state index contributed by atoms with van der Waals surface area (Å²) in [6.45, 7) is 6.40. The Kier molecular flexibility index (Phi) is 10.3. The van der Waals surface area contributed by atoms with Crippen molar-refractivity contribution in [3.63, 3.8) is 0 Å². The predicted molar refractivity (Wildman–Crippen MR) is 146 cm³/mol. The van der Waals surface area contributed by atoms with Crippen molar-refractivity contribution < 1.29 is 14.7 Å². The number of nitrogens with two attached hydrogens (primary N) is 1. The van der Waals surface area contributed by atoms with Crippen molar-refractivity contribution in [3.05, 3.63) is 90.1 Å². The SMILES string of the molecule is CONC(C(=O)NN(Cc1ccc(-c2ccccn2)cc1)CC(O)C(N)Cc1ccccc1)C(C)(C)C. The molecule has 1 heterocycles. The Labute approximate surface area is 219 Å². The van der Waals surface area contributed by atoms with E-state index in [9.17, 15) is 9.90 Å². The number of aromatic nitrogens is 1. The minimum atomic E-state index is -0.864. The maximum atomic E-state index is 13.2. The molecule has 37 heavy (non-hydrogen) atoms. The largest absolute Gasteiger partial charge is 0.390 e. The van der Waals surface area contributed by atoms with Gasteiger partial charge in [-0.15, -0.1) is 0 Å². The quantitative estimate of drug-likeness (QED) is 0.280. The summed E-state index contributed by atoms with van der Waals surface area (Å²) >= 11 is 0. The van der Waals surface area contributed by atoms with E-state index in [1.54, 1.807) is 11.2 Å². The Balaban J connectivity index is 1.75. The van der Waals surface area contributed by atoms with Crippen LogP contribution in [0.1, 0.15) is 31.9 Å². The van der Waals surface area contributed by atoms with Crippen molar-refractivity contribution in [2.45, 2.75) is 51.9 Å². The summed E-state index contributed by atoms with van der Waals surface area (Å²) in [7, 11) is 1.49. The molecule has 3 atom stereocenters. The maximum Gasteiger partial charge on any atom is 0.254 e. The van der Waals surface area contributed by atoms with Crippen molar-refractivity contribution in [1.82, 2.24) is 20.9 Å². The number of nitrogens with one attached hydrogen (secondary N) is 2. The molecular weight excluding hydrogens is 466 g/mol. The molecule has 0 aliphatic carbocycles. The molecule has 0 aliphatic rings. The van der Waals surface area contributed by atoms with Crippen molar-refractivity contribution in [1.29, 1.82) is 0 Å². The molecule has 5 N–H and O–H groups in total. The molecule has 198 valence electrons. The smallest absolute Gasteiger partial charge is 0.254 e. The molecule has 1 amide bonds. The molecule has 0 radical (unpaired) electrons. The third-order valence-corrected chi connectivity index (χ3v) is 6.14. The number of aliphatic hydroxyl groups excluding tert-OH is 1. The summed E-state index contributed by atoms with van der Waals surface area (Å²) in [6, 6.07) is 22.5. The molecular formula is C29H39N5O3. The van der Waals surface area contributed by atoms with Gasteiger partial charge in [-0.25, -0.2) is 5.01 Å². The van der Waals surface area contributed by atoms with Gasteiger partial charge in [0.2, 0.25) is 0 Å². The van der Waals surface area contributed by atoms with Crippen LogP contribution in [0.3, 0.4) is 0 Å². The second kappa shape index (κ2) is 13.4. The van der Waals surface area contributed by atoms with Gasteiger partial charge < -0.3 is 15.7 Å². The average Bonchev–Trinajstić information content (AvgIpc) is 2.88. The minimum Gasteiger partial charge on any atom is -0.390 e. The van der Waals surface area contributed by atoms with Crippen LogP contribution in [-0.4, -0.2) is 52.8 Å². The van der Waals surface area contributed by atoms with Gasteiger partial charge in [0.25, 0.3) is 5.91 Å². The van der Waals surface area contributed by atoms with Crippen molar-refractivity contribution in [3.8, 4) is 11.3 Å². The van der Waals surface area contributed by atoms with Crippen LogP contribution in [0.5, 0.6) is 0 Å². The average molecular weight is 506 g/mol. The van der Waals surface area contributed by atoms with E-state index in [0.717, 1.165) is 22.4 Å². The van der Waals surface area contributed by atoms with Crippen LogP contribution in [0.2, 0.25) is 0 Å². The van der Waals surface area contributed by atoms with Crippen LogP contribution in [-0.2, 0) is 22.6 Å². The van der Waals surface area contributed by atoms with Gasteiger partial charge in [-0.05, 0) is 35.1 Å². The fourth-order valence-corrected chi connectivity index (χ4v) is 4.03. The molecule has 0 fully saturated rings. The van der Waals surface area contributed by atoms with Crippen molar-refractivity contribution >= 4 is 5.91 Å². The predicted octanol–water partition coefficient (Wildman–Crippen LogP) is 3.08. The molecule has 3 aromatic rings. The number of hydrogen-bond acceptors (Lipinski definition) is 7. The Hall–Kier alpha value is -3.14. The van der Waals surface area contributed by atoms with E-state index in [4.69, 9.17) is 10.6 Å². The van der Waals surface area contributed by atoms with Crippen molar-refractivity contribution in [2.75, 3.05) is 13.7 Å². The highest BCUT2D eigenvalue weighted by Gasteiger charge is 2.33. The zero-order valence-corrected chi connectivity index (χ0v) is 22.1. The standard InChI is InChI=1S/C29H39N5O3/c1-29(2,3)27(33-37-4)28(36)32-34(20-26(35)24(30)18-21-10-6-5-7-11-21)19-22-13-15-23(16-14-22)25-12-8-9-17-31-25/h5-17,24,26-27,33,35H,18-20,30H2,1-4H3,(H,32,36). The number of hydrogen-bond donors (Lipinski definition) is 4. The molecule has 0 spiro atoms. The summed E-state index contributed by atoms with van der Waals surface area (Å²) in [4.78, 5) is 22.7. The van der Waals surface area contributed by atoms with Crippen LogP contribution in [0.4, 0.5) is 0 Å². The van der Waals surface area contributed by atoms with Crippen LogP contribution >= 0.6 is 0 Å². The number of benzene rings is 2. The zero-order valence-electron chi connectivity index (χ0n) is 22.1. The Bertz CT molecular complexity index is 1090. The number of hydroxylamine groups is 1. The van der Waals surface area contributed by atoms with E-state index in [-0.39, 0.29) is 12.5 Å². The molecule has 3 unspecified atom stereocenters. The minimum absolute atomic E-state index is 0.158. The molecule has 3 rings (SSSR count). The second-order valence-corrected chi connectivity index (χ2v) is 10.3. The number of nitrogens with zero attached hydrogens (tertiary/aromatic N) is 2. The summed E-state index contributed by atoms with van der Waals surface area (Å²) in [5, 5.41) is 12.7. The molecule has 0 saturated heterocycles. The lowest BCUT2D eigenvalue weighted by Gasteiger charge is -2.33. The number of carbonyl (C=O) groups excluding carboxylic acids is 1. The monoisotopic (exact) mass is 505 g/mol. The Morgan fingerprint density at radius 2 is 1.70 bits per heavy atom. The second-order valence-electron chi connectivity index (χ2n) is 10.3. The summed E-state index contributed by atoms with van der Waals surface area (Å²) < 4.78 is 0. The van der Waals surface area contributed by atoms with Gasteiger partial charge in [0, 0.05) is 30.9 Å². The van der Waals surface area contributed by atoms with E-state index < -0.39 is 23.6 Å². The van der Waals surface area contributed by atoms with Gasteiger partial charge in [0.1, 0.15) is 6.04 Å². The first-order chi connectivity index (χ1) is 17.7. The number of pyridine rings is 1. The molecule has 8 nitrogen and oxygen atoms in total. The van der Waals surface area contributed by atoms with Gasteiger partial charge in [-0.2, -0.15) is 5.48 Å². The summed E-state index contributed by atoms with van der Waals surface area (Å²) in [6.07, 6.45) is 1.43. The lowest BCUT2D eigenvalue weighted by atomic mass is 9.87. The van der Waals surface area contributed by atoms with Gasteiger partial charge in [-0.1, -0.05) is 81.4 Å². The fraction of sp³-hybridized carbons (Fsp3) is 0.379. The lowest BCUT2D eigenvalue weighted by molar-refractivity contribution is -0.136. The van der Waals surface area contributed by atoms with Gasteiger partial charge in [0.05, 0.1) is 18.9 Å². The maximum absolute atomic E-state index is 13.2. The molecule has 0 bridgehead atoms. The first kappa shape index (κ1) is 28.4. The molecule has 0 aliphatic heterocycles. The van der Waals surface area contributed by atoms with E-state index in [1.165, 1.54) is 7.11 Å². The number of hydrazine groups is 1. The number of amides is 1. The molecule has 2 aromatic carbocycles. The third kappa shape index (κ3) is 8.73. The van der Waals surface area contributed by atoms with E-state index in [0.29, 0.717) is 13.0 Å². The van der Waals surface area contributed by atoms with Crippen molar-refractivity contribution in [2.24, 2.45) is 11.1 Å². The van der Waals surface area contributed by atoms with Gasteiger partial charge >= 0.3 is 0 Å². The topological polar surface area (TPSA) is 113 Å². The molecule has 1 aromatic heterocycles. The first-order valence-electron chi connectivity index (χ1n) is 12.5. The van der Waals surface area contributed by atoms with Gasteiger partial charge in [0.15, 0.2) is 0 Å². The Morgan fingerprint density at radius 1 is 1.03 bits per heavy atom. The normalized spacial score (nSPS) is 14.2.